The van der Waals surface area contributed by atoms with Gasteiger partial charge in [0.15, 0.2) is 0 Å². The molecule has 0 aliphatic carbocycles. The minimum absolute atomic E-state index is 0.136. The summed E-state index contributed by atoms with van der Waals surface area (Å²) in [5.74, 6) is 0.243. The van der Waals surface area contributed by atoms with Gasteiger partial charge in [0.1, 0.15) is 6.10 Å². The van der Waals surface area contributed by atoms with E-state index in [0.29, 0.717) is 24.4 Å². The monoisotopic (exact) mass is 265 g/mol. The van der Waals surface area contributed by atoms with Gasteiger partial charge in [-0.1, -0.05) is 38.1 Å². The summed E-state index contributed by atoms with van der Waals surface area (Å²) in [6, 6.07) is 7.61. The molecular formula is C15H23NO3. The van der Waals surface area contributed by atoms with Crippen LogP contribution in [0.3, 0.4) is 0 Å². The Balaban J connectivity index is 2.63. The third kappa shape index (κ3) is 5.01. The zero-order chi connectivity index (χ0) is 14.4. The van der Waals surface area contributed by atoms with Gasteiger partial charge in [0.2, 0.25) is 5.91 Å². The molecule has 2 unspecified atom stereocenters. The Morgan fingerprint density at radius 1 is 1.26 bits per heavy atom. The van der Waals surface area contributed by atoms with Gasteiger partial charge in [0.25, 0.3) is 0 Å². The van der Waals surface area contributed by atoms with E-state index in [1.54, 1.807) is 6.07 Å². The largest absolute Gasteiger partial charge is 0.390 e. The van der Waals surface area contributed by atoms with Crippen LogP contribution in [0.2, 0.25) is 0 Å². The predicted octanol–water partition coefficient (Wildman–Crippen LogP) is 1.73. The zero-order valence-corrected chi connectivity index (χ0v) is 11.8. The topological polar surface area (TPSA) is 69.6 Å². The SMILES string of the molecule is CC(=O)NCCC(O)C(O)c1cccc(C(C)C)c1. The van der Waals surface area contributed by atoms with E-state index in [-0.39, 0.29) is 5.91 Å². The molecule has 0 fully saturated rings. The van der Waals surface area contributed by atoms with Gasteiger partial charge >= 0.3 is 0 Å². The van der Waals surface area contributed by atoms with Crippen LogP contribution < -0.4 is 5.32 Å². The fourth-order valence-corrected chi connectivity index (χ4v) is 1.88. The van der Waals surface area contributed by atoms with E-state index in [2.05, 4.69) is 19.2 Å². The second-order valence-corrected chi connectivity index (χ2v) is 5.11. The molecule has 106 valence electrons. The maximum Gasteiger partial charge on any atom is 0.216 e. The second-order valence-electron chi connectivity index (χ2n) is 5.11. The molecule has 0 saturated carbocycles. The maximum absolute atomic E-state index is 10.7. The van der Waals surface area contributed by atoms with Gasteiger partial charge < -0.3 is 15.5 Å². The van der Waals surface area contributed by atoms with Crippen molar-refractivity contribution in [3.8, 4) is 0 Å². The lowest BCUT2D eigenvalue weighted by atomic mass is 9.96. The molecule has 0 spiro atoms. The fourth-order valence-electron chi connectivity index (χ4n) is 1.88. The van der Waals surface area contributed by atoms with Crippen molar-refractivity contribution >= 4 is 5.91 Å². The van der Waals surface area contributed by atoms with Gasteiger partial charge in [0, 0.05) is 13.5 Å². The first kappa shape index (κ1) is 15.7. The molecule has 19 heavy (non-hydrogen) atoms. The van der Waals surface area contributed by atoms with Crippen molar-refractivity contribution < 1.29 is 15.0 Å². The zero-order valence-electron chi connectivity index (χ0n) is 11.8. The van der Waals surface area contributed by atoms with E-state index in [9.17, 15) is 15.0 Å². The normalized spacial score (nSPS) is 14.2. The Morgan fingerprint density at radius 2 is 1.89 bits per heavy atom. The molecule has 0 radical (unpaired) electrons. The molecule has 1 amide bonds. The second kappa shape index (κ2) is 7.26. The van der Waals surface area contributed by atoms with E-state index in [4.69, 9.17) is 0 Å². The number of amides is 1. The number of hydrogen-bond acceptors (Lipinski definition) is 3. The minimum Gasteiger partial charge on any atom is -0.390 e. The first-order valence-corrected chi connectivity index (χ1v) is 6.62. The van der Waals surface area contributed by atoms with Crippen molar-refractivity contribution in [3.05, 3.63) is 35.4 Å². The highest BCUT2D eigenvalue weighted by molar-refractivity contribution is 5.72. The Hall–Kier alpha value is -1.39. The summed E-state index contributed by atoms with van der Waals surface area (Å²) >= 11 is 0. The summed E-state index contributed by atoms with van der Waals surface area (Å²) in [6.07, 6.45) is -1.48. The third-order valence-electron chi connectivity index (χ3n) is 3.10. The van der Waals surface area contributed by atoms with E-state index >= 15 is 0 Å². The summed E-state index contributed by atoms with van der Waals surface area (Å²) in [6.45, 7) is 5.95. The number of hydrogen-bond donors (Lipinski definition) is 3. The van der Waals surface area contributed by atoms with E-state index in [1.165, 1.54) is 6.92 Å². The van der Waals surface area contributed by atoms with Crippen LogP contribution in [0.15, 0.2) is 24.3 Å². The van der Waals surface area contributed by atoms with Crippen molar-refractivity contribution in [1.29, 1.82) is 0 Å². The highest BCUT2D eigenvalue weighted by Crippen LogP contribution is 2.23. The summed E-state index contributed by atoms with van der Waals surface area (Å²) < 4.78 is 0. The molecule has 2 atom stereocenters. The van der Waals surface area contributed by atoms with Crippen LogP contribution in [-0.4, -0.2) is 28.8 Å². The van der Waals surface area contributed by atoms with Crippen molar-refractivity contribution in [3.63, 3.8) is 0 Å². The lowest BCUT2D eigenvalue weighted by Gasteiger charge is -2.19. The van der Waals surface area contributed by atoms with E-state index in [1.807, 2.05) is 18.2 Å². The Labute approximate surface area is 114 Å². The summed E-state index contributed by atoms with van der Waals surface area (Å²) in [5, 5.41) is 22.6. The van der Waals surface area contributed by atoms with Gasteiger partial charge in [-0.05, 0) is 23.5 Å². The van der Waals surface area contributed by atoms with Crippen LogP contribution in [0.25, 0.3) is 0 Å². The van der Waals surface area contributed by atoms with Crippen molar-refractivity contribution in [1.82, 2.24) is 5.32 Å². The minimum atomic E-state index is -0.924. The van der Waals surface area contributed by atoms with Crippen LogP contribution in [0.5, 0.6) is 0 Å². The maximum atomic E-state index is 10.7. The fraction of sp³-hybridized carbons (Fsp3) is 0.533. The van der Waals surface area contributed by atoms with Crippen molar-refractivity contribution in [2.45, 2.75) is 45.3 Å². The number of aliphatic hydroxyl groups is 2. The Kier molecular flexibility index (Phi) is 5.99. The third-order valence-corrected chi connectivity index (χ3v) is 3.10. The van der Waals surface area contributed by atoms with Crippen LogP contribution in [0.4, 0.5) is 0 Å². The first-order chi connectivity index (χ1) is 8.91. The van der Waals surface area contributed by atoms with Crippen LogP contribution in [0, 0.1) is 0 Å². The molecule has 0 saturated heterocycles. The van der Waals surface area contributed by atoms with E-state index < -0.39 is 12.2 Å². The number of carbonyl (C=O) groups excluding carboxylic acids is 1. The lowest BCUT2D eigenvalue weighted by molar-refractivity contribution is -0.119. The molecule has 4 heteroatoms. The predicted molar refractivity (Wildman–Crippen MR) is 74.8 cm³/mol. The van der Waals surface area contributed by atoms with Crippen LogP contribution in [0.1, 0.15) is 50.3 Å². The molecule has 4 nitrogen and oxygen atoms in total. The Bertz CT molecular complexity index is 418. The van der Waals surface area contributed by atoms with Gasteiger partial charge in [-0.3, -0.25) is 4.79 Å². The first-order valence-electron chi connectivity index (χ1n) is 6.62. The molecular weight excluding hydrogens is 242 g/mol. The summed E-state index contributed by atoms with van der Waals surface area (Å²) in [4.78, 5) is 10.7. The summed E-state index contributed by atoms with van der Waals surface area (Å²) in [7, 11) is 0. The average Bonchev–Trinajstić information content (AvgIpc) is 2.37. The average molecular weight is 265 g/mol. The Morgan fingerprint density at radius 3 is 2.47 bits per heavy atom. The quantitative estimate of drug-likeness (QED) is 0.733. The van der Waals surface area contributed by atoms with Crippen molar-refractivity contribution in [2.24, 2.45) is 0 Å². The number of nitrogens with one attached hydrogen (secondary N) is 1. The van der Waals surface area contributed by atoms with Gasteiger partial charge in [0.05, 0.1) is 6.10 Å². The molecule has 3 N–H and O–H groups in total. The molecule has 0 aromatic heterocycles. The molecule has 1 aromatic carbocycles. The highest BCUT2D eigenvalue weighted by atomic mass is 16.3. The smallest absolute Gasteiger partial charge is 0.216 e. The number of rotatable bonds is 6. The molecule has 1 rings (SSSR count). The standard InChI is InChI=1S/C15H23NO3/c1-10(2)12-5-4-6-13(9-12)15(19)14(18)7-8-16-11(3)17/h4-6,9-10,14-15,18-19H,7-8H2,1-3H3,(H,16,17). The molecule has 0 heterocycles. The lowest BCUT2D eigenvalue weighted by Crippen LogP contribution is -2.27. The number of aliphatic hydroxyl groups excluding tert-OH is 2. The number of carbonyl (C=O) groups is 1. The number of benzene rings is 1. The van der Waals surface area contributed by atoms with Gasteiger partial charge in [-0.2, -0.15) is 0 Å². The van der Waals surface area contributed by atoms with Crippen LogP contribution >= 0.6 is 0 Å². The molecule has 0 aliphatic heterocycles. The van der Waals surface area contributed by atoms with E-state index in [0.717, 1.165) is 5.56 Å². The van der Waals surface area contributed by atoms with Gasteiger partial charge in [-0.15, -0.1) is 0 Å². The summed E-state index contributed by atoms with van der Waals surface area (Å²) in [5.41, 5.74) is 1.84. The molecule has 0 bridgehead atoms. The van der Waals surface area contributed by atoms with Crippen molar-refractivity contribution in [2.75, 3.05) is 6.54 Å². The highest BCUT2D eigenvalue weighted by Gasteiger charge is 2.18. The van der Waals surface area contributed by atoms with Crippen LogP contribution in [-0.2, 0) is 4.79 Å². The molecule has 1 aromatic rings. The van der Waals surface area contributed by atoms with Gasteiger partial charge in [-0.25, -0.2) is 0 Å². The molecule has 0 aliphatic rings.